The largest absolute Gasteiger partial charge is 0.491 e. The number of fused-ring (bicyclic) bond motifs is 1. The average Bonchev–Trinajstić information content (AvgIpc) is 2.57. The van der Waals surface area contributed by atoms with Gasteiger partial charge in [-0.15, -0.1) is 0 Å². The molecular weight excluding hydrogens is 358 g/mol. The molecule has 1 aliphatic rings. The van der Waals surface area contributed by atoms with Crippen LogP contribution in [0.5, 0.6) is 5.75 Å². The fourth-order valence-electron chi connectivity index (χ4n) is 2.64. The number of nitrogens with one attached hydrogen (secondary N) is 2. The van der Waals surface area contributed by atoms with Crippen LogP contribution in [-0.4, -0.2) is 63.6 Å². The summed E-state index contributed by atoms with van der Waals surface area (Å²) < 4.78 is 30.7. The molecule has 1 aromatic carbocycles. The number of carbonyl (C=O) groups excluding carboxylic acids is 2. The monoisotopic (exact) mass is 383 g/mol. The van der Waals surface area contributed by atoms with Crippen LogP contribution >= 0.6 is 0 Å². The first-order valence-corrected chi connectivity index (χ1v) is 10.4. The maximum Gasteiger partial charge on any atom is 0.255 e. The lowest BCUT2D eigenvalue weighted by Gasteiger charge is -2.20. The first-order valence-electron chi connectivity index (χ1n) is 8.51. The SMILES string of the molecule is Cc1ccc2c(c1)C(=O)NCCN(S(C)(=O)=O)CCCC(=O)NCCO2. The maximum atomic E-state index is 12.5. The summed E-state index contributed by atoms with van der Waals surface area (Å²) in [5.74, 6) is -0.0523. The second kappa shape index (κ2) is 9.00. The molecule has 0 spiro atoms. The quantitative estimate of drug-likeness (QED) is 0.725. The van der Waals surface area contributed by atoms with E-state index in [9.17, 15) is 18.0 Å². The van der Waals surface area contributed by atoms with Gasteiger partial charge in [-0.25, -0.2) is 12.7 Å². The smallest absolute Gasteiger partial charge is 0.255 e. The van der Waals surface area contributed by atoms with Crippen molar-refractivity contribution < 1.29 is 22.7 Å². The normalized spacial score (nSPS) is 18.5. The van der Waals surface area contributed by atoms with Crippen molar-refractivity contribution in [3.8, 4) is 5.75 Å². The Kier molecular flexibility index (Phi) is 6.98. The van der Waals surface area contributed by atoms with Crippen LogP contribution in [0.15, 0.2) is 18.2 Å². The van der Waals surface area contributed by atoms with Gasteiger partial charge in [-0.2, -0.15) is 0 Å². The van der Waals surface area contributed by atoms with Gasteiger partial charge in [0.15, 0.2) is 0 Å². The molecule has 8 nitrogen and oxygen atoms in total. The molecule has 0 atom stereocenters. The molecule has 2 N–H and O–H groups in total. The number of carbonyl (C=O) groups is 2. The average molecular weight is 383 g/mol. The van der Waals surface area contributed by atoms with Gasteiger partial charge in [0.05, 0.1) is 18.4 Å². The van der Waals surface area contributed by atoms with E-state index in [0.29, 0.717) is 24.3 Å². The molecule has 0 radical (unpaired) electrons. The predicted molar refractivity (Wildman–Crippen MR) is 97.7 cm³/mol. The highest BCUT2D eigenvalue weighted by Gasteiger charge is 2.18. The van der Waals surface area contributed by atoms with Crippen LogP contribution in [-0.2, 0) is 14.8 Å². The number of hydrogen-bond acceptors (Lipinski definition) is 5. The van der Waals surface area contributed by atoms with Crippen LogP contribution in [0.4, 0.5) is 0 Å². The van der Waals surface area contributed by atoms with Crippen molar-refractivity contribution in [3.05, 3.63) is 29.3 Å². The van der Waals surface area contributed by atoms with E-state index in [0.717, 1.165) is 11.8 Å². The van der Waals surface area contributed by atoms with Gasteiger partial charge in [0.1, 0.15) is 12.4 Å². The molecule has 0 aliphatic carbocycles. The highest BCUT2D eigenvalue weighted by atomic mass is 32.2. The van der Waals surface area contributed by atoms with Crippen LogP contribution in [0, 0.1) is 6.92 Å². The van der Waals surface area contributed by atoms with Gasteiger partial charge in [-0.1, -0.05) is 11.6 Å². The van der Waals surface area contributed by atoms with E-state index in [1.54, 1.807) is 12.1 Å². The van der Waals surface area contributed by atoms with Crippen molar-refractivity contribution in [2.45, 2.75) is 19.8 Å². The first kappa shape index (κ1) is 20.2. The Bertz CT molecular complexity index is 764. The molecule has 144 valence electrons. The number of aryl methyl sites for hydroxylation is 1. The van der Waals surface area contributed by atoms with Crippen molar-refractivity contribution in [1.82, 2.24) is 14.9 Å². The van der Waals surface area contributed by atoms with E-state index in [1.165, 1.54) is 4.31 Å². The third-order valence-electron chi connectivity index (χ3n) is 3.99. The lowest BCUT2D eigenvalue weighted by atomic mass is 10.1. The molecule has 0 aromatic heterocycles. The number of amides is 2. The summed E-state index contributed by atoms with van der Waals surface area (Å²) >= 11 is 0. The second-order valence-electron chi connectivity index (χ2n) is 6.22. The van der Waals surface area contributed by atoms with Gasteiger partial charge in [-0.3, -0.25) is 9.59 Å². The summed E-state index contributed by atoms with van der Waals surface area (Å²) in [6.07, 6.45) is 1.76. The Balaban J connectivity index is 2.19. The Labute approximate surface area is 153 Å². The van der Waals surface area contributed by atoms with Crippen LogP contribution in [0.3, 0.4) is 0 Å². The third-order valence-corrected chi connectivity index (χ3v) is 5.29. The zero-order valence-electron chi connectivity index (χ0n) is 15.1. The molecule has 1 aromatic rings. The van der Waals surface area contributed by atoms with Gasteiger partial charge in [-0.05, 0) is 25.5 Å². The maximum absolute atomic E-state index is 12.5. The van der Waals surface area contributed by atoms with Gasteiger partial charge in [0.2, 0.25) is 15.9 Å². The standard InChI is InChI=1S/C17H25N3O5S/c1-13-5-6-15-14(12-13)17(22)19-7-10-20(26(2,23)24)9-3-4-16(21)18-8-11-25-15/h5-6,12H,3-4,7-11H2,1-2H3,(H,18,21)(H,19,22). The van der Waals surface area contributed by atoms with Crippen molar-refractivity contribution in [2.24, 2.45) is 0 Å². The number of benzene rings is 1. The molecular formula is C17H25N3O5S. The lowest BCUT2D eigenvalue weighted by Crippen LogP contribution is -2.39. The Morgan fingerprint density at radius 2 is 1.88 bits per heavy atom. The zero-order valence-corrected chi connectivity index (χ0v) is 15.9. The lowest BCUT2D eigenvalue weighted by molar-refractivity contribution is -0.121. The fraction of sp³-hybridized carbons (Fsp3) is 0.529. The molecule has 0 unspecified atom stereocenters. The number of ether oxygens (including phenoxy) is 1. The van der Waals surface area contributed by atoms with Gasteiger partial charge in [0.25, 0.3) is 5.91 Å². The minimum atomic E-state index is -3.41. The number of sulfonamides is 1. The topological polar surface area (TPSA) is 105 Å². The van der Waals surface area contributed by atoms with Crippen LogP contribution in [0.25, 0.3) is 0 Å². The molecule has 0 bridgehead atoms. The van der Waals surface area contributed by atoms with Crippen LogP contribution in [0.1, 0.15) is 28.8 Å². The zero-order chi connectivity index (χ0) is 19.2. The van der Waals surface area contributed by atoms with Gasteiger partial charge < -0.3 is 15.4 Å². The number of hydrogen-bond donors (Lipinski definition) is 2. The minimum absolute atomic E-state index is 0.147. The van der Waals surface area contributed by atoms with E-state index in [2.05, 4.69) is 10.6 Å². The summed E-state index contributed by atoms with van der Waals surface area (Å²) in [5, 5.41) is 5.47. The van der Waals surface area contributed by atoms with E-state index < -0.39 is 10.0 Å². The Hall–Kier alpha value is -2.13. The summed E-state index contributed by atoms with van der Waals surface area (Å²) in [4.78, 5) is 24.3. The van der Waals surface area contributed by atoms with E-state index in [4.69, 9.17) is 4.74 Å². The Morgan fingerprint density at radius 1 is 1.12 bits per heavy atom. The summed E-state index contributed by atoms with van der Waals surface area (Å²) in [5.41, 5.74) is 1.29. The van der Waals surface area contributed by atoms with E-state index >= 15 is 0 Å². The minimum Gasteiger partial charge on any atom is -0.491 e. The molecule has 2 amide bonds. The highest BCUT2D eigenvalue weighted by molar-refractivity contribution is 7.88. The van der Waals surface area contributed by atoms with E-state index in [-0.39, 0.29) is 44.5 Å². The summed E-state index contributed by atoms with van der Waals surface area (Å²) in [6.45, 7) is 2.97. The van der Waals surface area contributed by atoms with Gasteiger partial charge in [0, 0.05) is 26.1 Å². The van der Waals surface area contributed by atoms with Crippen molar-refractivity contribution in [3.63, 3.8) is 0 Å². The Morgan fingerprint density at radius 3 is 2.62 bits per heavy atom. The molecule has 0 saturated heterocycles. The first-order chi connectivity index (χ1) is 12.3. The van der Waals surface area contributed by atoms with Crippen LogP contribution in [0.2, 0.25) is 0 Å². The van der Waals surface area contributed by atoms with Crippen molar-refractivity contribution in [1.29, 1.82) is 0 Å². The molecule has 9 heteroatoms. The van der Waals surface area contributed by atoms with E-state index in [1.807, 2.05) is 13.0 Å². The predicted octanol–water partition coefficient (Wildman–Crippen LogP) is 0.275. The summed E-state index contributed by atoms with van der Waals surface area (Å²) in [7, 11) is -3.41. The number of nitrogens with zero attached hydrogens (tertiary/aromatic N) is 1. The molecule has 0 fully saturated rings. The molecule has 26 heavy (non-hydrogen) atoms. The third kappa shape index (κ3) is 5.99. The fourth-order valence-corrected chi connectivity index (χ4v) is 3.52. The molecule has 1 aliphatic heterocycles. The highest BCUT2D eigenvalue weighted by Crippen LogP contribution is 2.20. The van der Waals surface area contributed by atoms with Gasteiger partial charge >= 0.3 is 0 Å². The van der Waals surface area contributed by atoms with Crippen LogP contribution < -0.4 is 15.4 Å². The second-order valence-corrected chi connectivity index (χ2v) is 8.20. The number of rotatable bonds is 1. The molecule has 2 rings (SSSR count). The van der Waals surface area contributed by atoms with Crippen molar-refractivity contribution in [2.75, 3.05) is 39.0 Å². The summed E-state index contributed by atoms with van der Waals surface area (Å²) in [6, 6.07) is 5.27. The molecule has 0 saturated carbocycles. The van der Waals surface area contributed by atoms with Crippen molar-refractivity contribution >= 4 is 21.8 Å². The molecule has 1 heterocycles.